The molecule has 1 heterocycles. The predicted molar refractivity (Wildman–Crippen MR) is 67.7 cm³/mol. The zero-order chi connectivity index (χ0) is 12.4. The minimum atomic E-state index is -0.851. The molecule has 2 rings (SSSR count). The molecule has 2 aromatic rings. The van der Waals surface area contributed by atoms with Crippen molar-refractivity contribution in [3.05, 3.63) is 40.5 Å². The quantitative estimate of drug-likeness (QED) is 0.946. The molecule has 0 unspecified atom stereocenters. The number of halogens is 1. The highest BCUT2D eigenvalue weighted by atomic mass is 79.9. The van der Waals surface area contributed by atoms with Crippen LogP contribution in [-0.4, -0.2) is 20.9 Å². The Bertz CT molecular complexity index is 546. The summed E-state index contributed by atoms with van der Waals surface area (Å²) in [5.41, 5.74) is 2.37. The average Bonchev–Trinajstić information content (AvgIpc) is 2.59. The summed E-state index contributed by atoms with van der Waals surface area (Å²) in [5, 5.41) is 13.1. The number of carboxylic acids is 1. The van der Waals surface area contributed by atoms with E-state index in [2.05, 4.69) is 21.0 Å². The lowest BCUT2D eigenvalue weighted by molar-refractivity contribution is -0.136. The standard InChI is InChI=1S/C12H11BrN2O2/c1-15-7-9(6-11(16)17)12(14-15)8-2-4-10(13)5-3-8/h2-5,7H,6H2,1H3,(H,16,17). The van der Waals surface area contributed by atoms with E-state index in [1.54, 1.807) is 17.9 Å². The number of nitrogens with zero attached hydrogens (tertiary/aromatic N) is 2. The van der Waals surface area contributed by atoms with E-state index < -0.39 is 5.97 Å². The van der Waals surface area contributed by atoms with E-state index in [1.807, 2.05) is 24.3 Å². The third-order valence-corrected chi connectivity index (χ3v) is 2.89. The Kier molecular flexibility index (Phi) is 3.28. The molecule has 0 aliphatic heterocycles. The maximum Gasteiger partial charge on any atom is 0.307 e. The average molecular weight is 295 g/mol. The van der Waals surface area contributed by atoms with Gasteiger partial charge in [-0.2, -0.15) is 5.10 Å². The number of aliphatic carboxylic acids is 1. The Balaban J connectivity index is 2.43. The zero-order valence-corrected chi connectivity index (χ0v) is 10.8. The summed E-state index contributed by atoms with van der Waals surface area (Å²) in [6.45, 7) is 0. The third-order valence-electron chi connectivity index (χ3n) is 2.36. The number of rotatable bonds is 3. The van der Waals surface area contributed by atoms with Gasteiger partial charge in [-0.1, -0.05) is 28.1 Å². The highest BCUT2D eigenvalue weighted by Gasteiger charge is 2.12. The lowest BCUT2D eigenvalue weighted by atomic mass is 10.1. The first-order chi connectivity index (χ1) is 8.06. The predicted octanol–water partition coefficient (Wildman–Crippen LogP) is 2.48. The summed E-state index contributed by atoms with van der Waals surface area (Å²) in [6, 6.07) is 7.65. The molecule has 4 nitrogen and oxygen atoms in total. The Labute approximate surface area is 107 Å². The lowest BCUT2D eigenvalue weighted by Crippen LogP contribution is -2.00. The van der Waals surface area contributed by atoms with Crippen molar-refractivity contribution in [2.75, 3.05) is 0 Å². The molecule has 0 saturated carbocycles. The number of hydrogen-bond donors (Lipinski definition) is 1. The van der Waals surface area contributed by atoms with Gasteiger partial charge in [0.15, 0.2) is 0 Å². The van der Waals surface area contributed by atoms with Crippen LogP contribution in [0.1, 0.15) is 5.56 Å². The Morgan fingerprint density at radius 1 is 1.41 bits per heavy atom. The smallest absolute Gasteiger partial charge is 0.307 e. The van der Waals surface area contributed by atoms with Crippen molar-refractivity contribution >= 4 is 21.9 Å². The van der Waals surface area contributed by atoms with Crippen LogP contribution >= 0.6 is 15.9 Å². The largest absolute Gasteiger partial charge is 0.481 e. The Morgan fingerprint density at radius 3 is 2.65 bits per heavy atom. The van der Waals surface area contributed by atoms with E-state index in [9.17, 15) is 4.79 Å². The molecule has 1 aromatic carbocycles. The van der Waals surface area contributed by atoms with E-state index >= 15 is 0 Å². The van der Waals surface area contributed by atoms with Crippen LogP contribution in [0.2, 0.25) is 0 Å². The second-order valence-corrected chi connectivity index (χ2v) is 4.67. The molecule has 1 aromatic heterocycles. The molecule has 5 heteroatoms. The molecular formula is C12H11BrN2O2. The SMILES string of the molecule is Cn1cc(CC(=O)O)c(-c2ccc(Br)cc2)n1. The van der Waals surface area contributed by atoms with Crippen LogP contribution in [0.25, 0.3) is 11.3 Å². The van der Waals surface area contributed by atoms with E-state index in [0.717, 1.165) is 21.3 Å². The van der Waals surface area contributed by atoms with Gasteiger partial charge in [-0.15, -0.1) is 0 Å². The van der Waals surface area contributed by atoms with Crippen LogP contribution in [-0.2, 0) is 18.3 Å². The topological polar surface area (TPSA) is 55.1 Å². The minimum absolute atomic E-state index is 0.0146. The van der Waals surface area contributed by atoms with Gasteiger partial charge in [0.1, 0.15) is 0 Å². The summed E-state index contributed by atoms with van der Waals surface area (Å²) in [7, 11) is 1.79. The van der Waals surface area contributed by atoms with Crippen LogP contribution in [0.3, 0.4) is 0 Å². The van der Waals surface area contributed by atoms with Gasteiger partial charge in [-0.05, 0) is 12.1 Å². The zero-order valence-electron chi connectivity index (χ0n) is 9.22. The first-order valence-electron chi connectivity index (χ1n) is 5.06. The maximum absolute atomic E-state index is 10.8. The van der Waals surface area contributed by atoms with Gasteiger partial charge in [0.25, 0.3) is 0 Å². The van der Waals surface area contributed by atoms with Crippen LogP contribution < -0.4 is 0 Å². The maximum atomic E-state index is 10.8. The monoisotopic (exact) mass is 294 g/mol. The number of carbonyl (C=O) groups is 1. The molecule has 1 N–H and O–H groups in total. The third kappa shape index (κ3) is 2.74. The number of aryl methyl sites for hydroxylation is 1. The molecule has 0 bridgehead atoms. The molecule has 0 amide bonds. The fourth-order valence-electron chi connectivity index (χ4n) is 1.68. The summed E-state index contributed by atoms with van der Waals surface area (Å²) < 4.78 is 2.62. The van der Waals surface area contributed by atoms with E-state index in [-0.39, 0.29) is 6.42 Å². The van der Waals surface area contributed by atoms with Gasteiger partial charge in [0.05, 0.1) is 12.1 Å². The second kappa shape index (κ2) is 4.71. The molecule has 0 radical (unpaired) electrons. The first kappa shape index (κ1) is 11.9. The van der Waals surface area contributed by atoms with Crippen LogP contribution in [0.5, 0.6) is 0 Å². The molecule has 0 aliphatic carbocycles. The first-order valence-corrected chi connectivity index (χ1v) is 5.86. The van der Waals surface area contributed by atoms with Crippen LogP contribution in [0, 0.1) is 0 Å². The molecule has 17 heavy (non-hydrogen) atoms. The molecule has 0 atom stereocenters. The molecule has 0 spiro atoms. The van der Waals surface area contributed by atoms with Crippen molar-refractivity contribution in [3.63, 3.8) is 0 Å². The van der Waals surface area contributed by atoms with Crippen molar-refractivity contribution in [2.24, 2.45) is 7.05 Å². The highest BCUT2D eigenvalue weighted by molar-refractivity contribution is 9.10. The molecule has 0 aliphatic rings. The van der Waals surface area contributed by atoms with E-state index in [4.69, 9.17) is 5.11 Å². The number of carboxylic acid groups (broad SMARTS) is 1. The van der Waals surface area contributed by atoms with Gasteiger partial charge in [-0.3, -0.25) is 9.48 Å². The van der Waals surface area contributed by atoms with Gasteiger partial charge in [-0.25, -0.2) is 0 Å². The van der Waals surface area contributed by atoms with E-state index in [1.165, 1.54) is 0 Å². The molecule has 0 fully saturated rings. The van der Waals surface area contributed by atoms with E-state index in [0.29, 0.717) is 0 Å². The summed E-state index contributed by atoms with van der Waals surface area (Å²) in [6.07, 6.45) is 1.73. The van der Waals surface area contributed by atoms with Crippen molar-refractivity contribution in [2.45, 2.75) is 6.42 Å². The van der Waals surface area contributed by atoms with Gasteiger partial charge in [0, 0.05) is 28.8 Å². The van der Waals surface area contributed by atoms with Gasteiger partial charge in [0.2, 0.25) is 0 Å². The fraction of sp³-hybridized carbons (Fsp3) is 0.167. The van der Waals surface area contributed by atoms with Gasteiger partial charge < -0.3 is 5.11 Å². The normalized spacial score (nSPS) is 10.5. The number of hydrogen-bond acceptors (Lipinski definition) is 2. The van der Waals surface area contributed by atoms with Crippen LogP contribution in [0.15, 0.2) is 34.9 Å². The second-order valence-electron chi connectivity index (χ2n) is 3.75. The fourth-order valence-corrected chi connectivity index (χ4v) is 1.95. The summed E-state index contributed by atoms with van der Waals surface area (Å²) in [5.74, 6) is -0.851. The minimum Gasteiger partial charge on any atom is -0.481 e. The van der Waals surface area contributed by atoms with Crippen LogP contribution in [0.4, 0.5) is 0 Å². The Hall–Kier alpha value is -1.62. The summed E-state index contributed by atoms with van der Waals surface area (Å²) in [4.78, 5) is 10.8. The molecule has 88 valence electrons. The van der Waals surface area contributed by atoms with Crippen molar-refractivity contribution in [3.8, 4) is 11.3 Å². The number of benzene rings is 1. The van der Waals surface area contributed by atoms with Crippen molar-refractivity contribution < 1.29 is 9.90 Å². The van der Waals surface area contributed by atoms with Crippen molar-refractivity contribution in [1.29, 1.82) is 0 Å². The number of aromatic nitrogens is 2. The Morgan fingerprint density at radius 2 is 2.06 bits per heavy atom. The highest BCUT2D eigenvalue weighted by Crippen LogP contribution is 2.24. The van der Waals surface area contributed by atoms with Crippen molar-refractivity contribution in [1.82, 2.24) is 9.78 Å². The molecular weight excluding hydrogens is 284 g/mol. The lowest BCUT2D eigenvalue weighted by Gasteiger charge is -2.00. The summed E-state index contributed by atoms with van der Waals surface area (Å²) >= 11 is 3.36. The molecule has 0 saturated heterocycles. The van der Waals surface area contributed by atoms with Gasteiger partial charge >= 0.3 is 5.97 Å².